The molecule has 0 aliphatic carbocycles. The summed E-state index contributed by atoms with van der Waals surface area (Å²) in [6, 6.07) is 1.82. The molecule has 1 rings (SSSR count). The van der Waals surface area contributed by atoms with Crippen molar-refractivity contribution in [2.75, 3.05) is 39.3 Å². The van der Waals surface area contributed by atoms with Gasteiger partial charge in [0.25, 0.3) is 5.69 Å². The Bertz CT molecular complexity index is 521. The van der Waals surface area contributed by atoms with Gasteiger partial charge in [-0.2, -0.15) is 0 Å². The maximum absolute atomic E-state index is 13.7. The zero-order valence-corrected chi connectivity index (χ0v) is 11.4. The lowest BCUT2D eigenvalue weighted by molar-refractivity contribution is -0.384. The van der Waals surface area contributed by atoms with Gasteiger partial charge in [0.2, 0.25) is 0 Å². The highest BCUT2D eigenvalue weighted by Gasteiger charge is 2.24. The number of likely N-dealkylation sites (N-methyl/N-ethyl adjacent to an activating group) is 1. The van der Waals surface area contributed by atoms with Crippen molar-refractivity contribution in [3.8, 4) is 0 Å². The van der Waals surface area contributed by atoms with Gasteiger partial charge in [-0.25, -0.2) is 9.18 Å². The number of methoxy groups -OCH3 is 2. The van der Waals surface area contributed by atoms with Gasteiger partial charge in [0, 0.05) is 20.7 Å². The number of nitro benzene ring substituents is 1. The van der Waals surface area contributed by atoms with E-state index in [2.05, 4.69) is 4.74 Å². The van der Waals surface area contributed by atoms with Gasteiger partial charge in [-0.15, -0.1) is 0 Å². The average Bonchev–Trinajstić information content (AvgIpc) is 2.43. The van der Waals surface area contributed by atoms with E-state index < -0.39 is 22.4 Å². The molecule has 0 aliphatic heterocycles. The quantitative estimate of drug-likeness (QED) is 0.449. The number of halogens is 1. The third-order valence-corrected chi connectivity index (χ3v) is 2.71. The number of benzene rings is 1. The molecule has 0 amide bonds. The van der Waals surface area contributed by atoms with Gasteiger partial charge in [0.05, 0.1) is 30.3 Å². The number of anilines is 1. The number of esters is 1. The Morgan fingerprint density at radius 1 is 1.45 bits per heavy atom. The summed E-state index contributed by atoms with van der Waals surface area (Å²) >= 11 is 0. The molecule has 0 atom stereocenters. The van der Waals surface area contributed by atoms with Crippen LogP contribution in [0.1, 0.15) is 10.4 Å². The van der Waals surface area contributed by atoms with E-state index in [9.17, 15) is 19.3 Å². The highest BCUT2D eigenvalue weighted by Crippen LogP contribution is 2.30. The molecule has 1 aromatic rings. The summed E-state index contributed by atoms with van der Waals surface area (Å²) in [6.45, 7) is 0.683. The molecule has 0 aromatic heterocycles. The van der Waals surface area contributed by atoms with Crippen molar-refractivity contribution in [3.05, 3.63) is 33.6 Å². The second-order valence-electron chi connectivity index (χ2n) is 3.98. The van der Waals surface area contributed by atoms with Crippen LogP contribution >= 0.6 is 0 Å². The van der Waals surface area contributed by atoms with Crippen molar-refractivity contribution < 1.29 is 23.6 Å². The number of nitrogens with zero attached hydrogens (tertiary/aromatic N) is 2. The Kier molecular flexibility index (Phi) is 5.39. The van der Waals surface area contributed by atoms with Crippen LogP contribution in [0.3, 0.4) is 0 Å². The van der Waals surface area contributed by atoms with E-state index in [0.29, 0.717) is 19.2 Å². The molecular formula is C12H15FN2O5. The molecule has 0 N–H and O–H groups in total. The van der Waals surface area contributed by atoms with E-state index in [1.807, 2.05) is 0 Å². The lowest BCUT2D eigenvalue weighted by Gasteiger charge is -2.19. The van der Waals surface area contributed by atoms with Crippen LogP contribution in [0, 0.1) is 15.9 Å². The van der Waals surface area contributed by atoms with Gasteiger partial charge >= 0.3 is 5.97 Å². The summed E-state index contributed by atoms with van der Waals surface area (Å²) < 4.78 is 23.0. The van der Waals surface area contributed by atoms with Crippen LogP contribution in [-0.4, -0.2) is 45.3 Å². The van der Waals surface area contributed by atoms with Crippen LogP contribution in [0.15, 0.2) is 12.1 Å². The molecule has 0 radical (unpaired) electrons. The minimum absolute atomic E-state index is 0.119. The average molecular weight is 286 g/mol. The summed E-state index contributed by atoms with van der Waals surface area (Å²) in [5, 5.41) is 11.0. The Morgan fingerprint density at radius 3 is 2.60 bits per heavy atom. The van der Waals surface area contributed by atoms with Crippen molar-refractivity contribution in [1.29, 1.82) is 0 Å². The fourth-order valence-electron chi connectivity index (χ4n) is 1.62. The normalized spacial score (nSPS) is 10.2. The molecule has 7 nitrogen and oxygen atoms in total. The van der Waals surface area contributed by atoms with Crippen LogP contribution in [0.2, 0.25) is 0 Å². The molecule has 0 aliphatic rings. The van der Waals surface area contributed by atoms with Crippen LogP contribution in [-0.2, 0) is 9.47 Å². The maximum atomic E-state index is 13.7. The van der Waals surface area contributed by atoms with Gasteiger partial charge in [-0.3, -0.25) is 10.1 Å². The number of carbonyl (C=O) groups excluding carboxylic acids is 1. The minimum Gasteiger partial charge on any atom is -0.465 e. The number of hydrogen-bond donors (Lipinski definition) is 0. The van der Waals surface area contributed by atoms with Crippen molar-refractivity contribution in [3.63, 3.8) is 0 Å². The SMILES string of the molecule is COCCN(C)c1cc(C(=O)OC)c(F)cc1[N+](=O)[O-]. The summed E-state index contributed by atoms with van der Waals surface area (Å²) in [4.78, 5) is 23.2. The molecule has 0 fully saturated rings. The number of rotatable bonds is 6. The zero-order valence-electron chi connectivity index (χ0n) is 11.4. The Hall–Kier alpha value is -2.22. The lowest BCUT2D eigenvalue weighted by Crippen LogP contribution is -2.23. The van der Waals surface area contributed by atoms with Gasteiger partial charge in [0.15, 0.2) is 0 Å². The third kappa shape index (κ3) is 3.41. The first-order valence-corrected chi connectivity index (χ1v) is 5.68. The van der Waals surface area contributed by atoms with Crippen LogP contribution < -0.4 is 4.90 Å². The number of nitro groups is 1. The zero-order chi connectivity index (χ0) is 15.3. The largest absolute Gasteiger partial charge is 0.465 e. The Balaban J connectivity index is 3.30. The highest BCUT2D eigenvalue weighted by atomic mass is 19.1. The molecule has 110 valence electrons. The lowest BCUT2D eigenvalue weighted by atomic mass is 10.1. The van der Waals surface area contributed by atoms with Gasteiger partial charge in [0.1, 0.15) is 11.5 Å². The summed E-state index contributed by atoms with van der Waals surface area (Å²) in [6.07, 6.45) is 0. The van der Waals surface area contributed by atoms with E-state index in [1.165, 1.54) is 12.0 Å². The molecule has 0 saturated carbocycles. The molecule has 8 heteroatoms. The third-order valence-electron chi connectivity index (χ3n) is 2.71. The maximum Gasteiger partial charge on any atom is 0.340 e. The second-order valence-corrected chi connectivity index (χ2v) is 3.98. The topological polar surface area (TPSA) is 81.9 Å². The molecule has 20 heavy (non-hydrogen) atoms. The summed E-state index contributed by atoms with van der Waals surface area (Å²) in [7, 11) is 4.19. The predicted octanol–water partition coefficient (Wildman–Crippen LogP) is 1.60. The fraction of sp³-hybridized carbons (Fsp3) is 0.417. The number of hydrogen-bond acceptors (Lipinski definition) is 6. The minimum atomic E-state index is -0.993. The number of ether oxygens (including phenoxy) is 2. The van der Waals surface area contributed by atoms with Crippen molar-refractivity contribution in [2.45, 2.75) is 0 Å². The van der Waals surface area contributed by atoms with E-state index in [0.717, 1.165) is 13.2 Å². The molecule has 0 saturated heterocycles. The van der Waals surface area contributed by atoms with E-state index >= 15 is 0 Å². The molecule has 1 aromatic carbocycles. The van der Waals surface area contributed by atoms with Crippen molar-refractivity contribution in [1.82, 2.24) is 0 Å². The summed E-state index contributed by atoms with van der Waals surface area (Å²) in [5.41, 5.74) is -0.653. The fourth-order valence-corrected chi connectivity index (χ4v) is 1.62. The molecule has 0 spiro atoms. The molecular weight excluding hydrogens is 271 g/mol. The second kappa shape index (κ2) is 6.80. The van der Waals surface area contributed by atoms with E-state index in [1.54, 1.807) is 7.05 Å². The monoisotopic (exact) mass is 286 g/mol. The predicted molar refractivity (Wildman–Crippen MR) is 69.5 cm³/mol. The van der Waals surface area contributed by atoms with Crippen LogP contribution in [0.5, 0.6) is 0 Å². The first kappa shape index (κ1) is 15.8. The first-order chi connectivity index (χ1) is 9.42. The molecule has 0 heterocycles. The Labute approximate surface area is 115 Å². The van der Waals surface area contributed by atoms with E-state index in [4.69, 9.17) is 4.74 Å². The first-order valence-electron chi connectivity index (χ1n) is 5.68. The Morgan fingerprint density at radius 2 is 2.10 bits per heavy atom. The molecule has 0 unspecified atom stereocenters. The van der Waals surface area contributed by atoms with Crippen molar-refractivity contribution in [2.24, 2.45) is 0 Å². The van der Waals surface area contributed by atoms with Crippen molar-refractivity contribution >= 4 is 17.3 Å². The van der Waals surface area contributed by atoms with Gasteiger partial charge in [-0.05, 0) is 6.07 Å². The summed E-state index contributed by atoms with van der Waals surface area (Å²) in [5.74, 6) is -1.88. The number of carbonyl (C=O) groups is 1. The smallest absolute Gasteiger partial charge is 0.340 e. The van der Waals surface area contributed by atoms with Gasteiger partial charge in [-0.1, -0.05) is 0 Å². The van der Waals surface area contributed by atoms with Gasteiger partial charge < -0.3 is 14.4 Å². The van der Waals surface area contributed by atoms with Crippen LogP contribution in [0.25, 0.3) is 0 Å². The van der Waals surface area contributed by atoms with Crippen LogP contribution in [0.4, 0.5) is 15.8 Å². The van der Waals surface area contributed by atoms with E-state index in [-0.39, 0.29) is 11.3 Å². The standard InChI is InChI=1S/C12H15FN2O5/c1-14(4-5-19-2)10-6-8(12(16)20-3)9(13)7-11(10)15(17)18/h6-7H,4-5H2,1-3H3. The highest BCUT2D eigenvalue weighted by molar-refractivity contribution is 5.92. The molecule has 0 bridgehead atoms.